The maximum atomic E-state index is 9.58. The first-order valence-electron chi connectivity index (χ1n) is 6.82. The Hall–Kier alpha value is -2.51. The number of nitrogens with zero attached hydrogens (tertiary/aromatic N) is 4. The number of ether oxygens (including phenoxy) is 1. The molecule has 3 rings (SSSR count). The van der Waals surface area contributed by atoms with Gasteiger partial charge in [0.25, 0.3) is 0 Å². The van der Waals surface area contributed by atoms with Crippen LogP contribution in [0.15, 0.2) is 36.9 Å². The molecule has 7 nitrogen and oxygen atoms in total. The van der Waals surface area contributed by atoms with Crippen LogP contribution in [0.3, 0.4) is 0 Å². The van der Waals surface area contributed by atoms with Gasteiger partial charge in [-0.3, -0.25) is 0 Å². The summed E-state index contributed by atoms with van der Waals surface area (Å²) in [7, 11) is 1.62. The van der Waals surface area contributed by atoms with Gasteiger partial charge in [0, 0.05) is 5.56 Å². The fourth-order valence-electron chi connectivity index (χ4n) is 2.26. The molecule has 0 saturated heterocycles. The molecule has 0 fully saturated rings. The molecule has 0 aliphatic carbocycles. The van der Waals surface area contributed by atoms with E-state index in [4.69, 9.17) is 9.84 Å². The first-order chi connectivity index (χ1) is 10.7. The lowest BCUT2D eigenvalue weighted by atomic mass is 10.1. The van der Waals surface area contributed by atoms with E-state index in [9.17, 15) is 5.11 Å². The smallest absolute Gasteiger partial charge is 0.163 e. The van der Waals surface area contributed by atoms with Crippen molar-refractivity contribution in [1.29, 1.82) is 0 Å². The van der Waals surface area contributed by atoms with Crippen molar-refractivity contribution in [1.82, 2.24) is 19.5 Å². The van der Waals surface area contributed by atoms with Gasteiger partial charge in [-0.2, -0.15) is 0 Å². The monoisotopic (exact) mass is 300 g/mol. The molecule has 2 heterocycles. The third kappa shape index (κ3) is 2.63. The third-order valence-electron chi connectivity index (χ3n) is 3.38. The fraction of sp³-hybridized carbons (Fsp3) is 0.267. The summed E-state index contributed by atoms with van der Waals surface area (Å²) in [6.45, 7) is -0.0812. The second-order valence-electron chi connectivity index (χ2n) is 4.86. The highest BCUT2D eigenvalue weighted by Crippen LogP contribution is 2.25. The topological polar surface area (TPSA) is 93.3 Å². The highest BCUT2D eigenvalue weighted by atomic mass is 16.5. The molecule has 3 aromatic rings. The van der Waals surface area contributed by atoms with Crippen LogP contribution >= 0.6 is 0 Å². The van der Waals surface area contributed by atoms with Crippen molar-refractivity contribution in [2.75, 3.05) is 13.7 Å². The van der Waals surface area contributed by atoms with Crippen LogP contribution in [0.5, 0.6) is 5.75 Å². The van der Waals surface area contributed by atoms with Crippen molar-refractivity contribution in [3.8, 4) is 17.0 Å². The van der Waals surface area contributed by atoms with Crippen LogP contribution in [-0.2, 0) is 6.54 Å². The molecule has 114 valence electrons. The Bertz CT molecular complexity index is 770. The van der Waals surface area contributed by atoms with Gasteiger partial charge in [0.05, 0.1) is 32.7 Å². The molecule has 0 aliphatic rings. The van der Waals surface area contributed by atoms with E-state index >= 15 is 0 Å². The summed E-state index contributed by atoms with van der Waals surface area (Å²) in [4.78, 5) is 12.9. The minimum atomic E-state index is -0.850. The molecular weight excluding hydrogens is 284 g/mol. The lowest BCUT2D eigenvalue weighted by Gasteiger charge is -2.08. The summed E-state index contributed by atoms with van der Waals surface area (Å²) in [5.74, 6) is 0.769. The van der Waals surface area contributed by atoms with E-state index in [1.54, 1.807) is 18.0 Å². The molecule has 0 spiro atoms. The average molecular weight is 300 g/mol. The van der Waals surface area contributed by atoms with E-state index in [1.165, 1.54) is 6.33 Å². The quantitative estimate of drug-likeness (QED) is 0.726. The molecule has 1 unspecified atom stereocenters. The van der Waals surface area contributed by atoms with Crippen LogP contribution in [-0.4, -0.2) is 49.6 Å². The van der Waals surface area contributed by atoms with Crippen molar-refractivity contribution in [3.05, 3.63) is 36.9 Å². The van der Waals surface area contributed by atoms with Crippen LogP contribution in [0.2, 0.25) is 0 Å². The van der Waals surface area contributed by atoms with Gasteiger partial charge < -0.3 is 19.5 Å². The maximum Gasteiger partial charge on any atom is 0.163 e. The van der Waals surface area contributed by atoms with Crippen LogP contribution in [0.4, 0.5) is 0 Å². The summed E-state index contributed by atoms with van der Waals surface area (Å²) in [6.07, 6.45) is 2.20. The SMILES string of the molecule is COc1ccc(-c2ncnc3c2ncn3CC(O)CO)cc1. The van der Waals surface area contributed by atoms with Crippen LogP contribution < -0.4 is 4.74 Å². The molecular formula is C15H16N4O3. The predicted molar refractivity (Wildman–Crippen MR) is 80.4 cm³/mol. The number of benzene rings is 1. The number of aromatic nitrogens is 4. The molecule has 0 aliphatic heterocycles. The predicted octanol–water partition coefficient (Wildman–Crippen LogP) is 0.855. The molecule has 1 aromatic carbocycles. The minimum Gasteiger partial charge on any atom is -0.497 e. The van der Waals surface area contributed by atoms with E-state index in [2.05, 4.69) is 15.0 Å². The van der Waals surface area contributed by atoms with E-state index in [0.29, 0.717) is 16.9 Å². The number of hydrogen-bond donors (Lipinski definition) is 2. The lowest BCUT2D eigenvalue weighted by molar-refractivity contribution is 0.0820. The number of methoxy groups -OCH3 is 1. The van der Waals surface area contributed by atoms with Crippen molar-refractivity contribution in [2.45, 2.75) is 12.6 Å². The lowest BCUT2D eigenvalue weighted by Crippen LogP contribution is -2.19. The second kappa shape index (κ2) is 6.08. The van der Waals surface area contributed by atoms with Gasteiger partial charge in [0.1, 0.15) is 23.3 Å². The average Bonchev–Trinajstić information content (AvgIpc) is 2.98. The van der Waals surface area contributed by atoms with Crippen LogP contribution in [0, 0.1) is 0 Å². The zero-order chi connectivity index (χ0) is 15.5. The van der Waals surface area contributed by atoms with Crippen LogP contribution in [0.25, 0.3) is 22.4 Å². The number of aliphatic hydroxyl groups is 2. The Kier molecular flexibility index (Phi) is 3.99. The summed E-state index contributed by atoms with van der Waals surface area (Å²) in [5, 5.41) is 18.5. The molecule has 2 N–H and O–H groups in total. The molecule has 0 saturated carbocycles. The Balaban J connectivity index is 2.03. The molecule has 1 atom stereocenters. The normalized spacial score (nSPS) is 12.5. The minimum absolute atomic E-state index is 0.228. The summed E-state index contributed by atoms with van der Waals surface area (Å²) in [5.41, 5.74) is 2.89. The van der Waals surface area contributed by atoms with E-state index in [0.717, 1.165) is 11.3 Å². The van der Waals surface area contributed by atoms with Gasteiger partial charge in [-0.05, 0) is 24.3 Å². The van der Waals surface area contributed by atoms with Gasteiger partial charge in [-0.1, -0.05) is 0 Å². The molecule has 0 radical (unpaired) electrons. The van der Waals surface area contributed by atoms with Gasteiger partial charge in [0.15, 0.2) is 5.65 Å². The molecule has 7 heteroatoms. The third-order valence-corrected chi connectivity index (χ3v) is 3.38. The highest BCUT2D eigenvalue weighted by molar-refractivity contribution is 5.87. The number of imidazole rings is 1. The highest BCUT2D eigenvalue weighted by Gasteiger charge is 2.13. The first kappa shape index (κ1) is 14.4. The van der Waals surface area contributed by atoms with Crippen molar-refractivity contribution in [2.24, 2.45) is 0 Å². The number of hydrogen-bond acceptors (Lipinski definition) is 6. The van der Waals surface area contributed by atoms with Gasteiger partial charge in [0.2, 0.25) is 0 Å². The molecule has 0 amide bonds. The fourth-order valence-corrected chi connectivity index (χ4v) is 2.26. The van der Waals surface area contributed by atoms with Gasteiger partial charge >= 0.3 is 0 Å². The first-order valence-corrected chi connectivity index (χ1v) is 6.82. The molecule has 2 aromatic heterocycles. The Morgan fingerprint density at radius 2 is 1.95 bits per heavy atom. The van der Waals surface area contributed by atoms with E-state index < -0.39 is 6.10 Å². The Labute approximate surface area is 126 Å². The zero-order valence-corrected chi connectivity index (χ0v) is 12.0. The number of fused-ring (bicyclic) bond motifs is 1. The standard InChI is InChI=1S/C15H16N4O3/c1-22-12-4-2-10(3-5-12)13-14-15(17-8-16-13)19(9-18-14)6-11(21)7-20/h2-5,8-9,11,20-21H,6-7H2,1H3. The van der Waals surface area contributed by atoms with Crippen LogP contribution in [0.1, 0.15) is 0 Å². The van der Waals surface area contributed by atoms with Gasteiger partial charge in [-0.25, -0.2) is 15.0 Å². The van der Waals surface area contributed by atoms with Crippen molar-refractivity contribution < 1.29 is 14.9 Å². The zero-order valence-electron chi connectivity index (χ0n) is 12.0. The summed E-state index contributed by atoms with van der Waals surface area (Å²) < 4.78 is 6.85. The number of aliphatic hydroxyl groups excluding tert-OH is 2. The molecule has 22 heavy (non-hydrogen) atoms. The second-order valence-corrected chi connectivity index (χ2v) is 4.86. The largest absolute Gasteiger partial charge is 0.497 e. The van der Waals surface area contributed by atoms with E-state index in [-0.39, 0.29) is 13.2 Å². The maximum absolute atomic E-state index is 9.58. The number of rotatable bonds is 5. The Morgan fingerprint density at radius 3 is 2.64 bits per heavy atom. The summed E-state index contributed by atoms with van der Waals surface area (Å²) in [6, 6.07) is 7.52. The van der Waals surface area contributed by atoms with Gasteiger partial charge in [-0.15, -0.1) is 0 Å². The van der Waals surface area contributed by atoms with Crippen molar-refractivity contribution >= 4 is 11.2 Å². The Morgan fingerprint density at radius 1 is 1.18 bits per heavy atom. The van der Waals surface area contributed by atoms with Crippen molar-refractivity contribution in [3.63, 3.8) is 0 Å². The molecule has 0 bridgehead atoms. The summed E-state index contributed by atoms with van der Waals surface area (Å²) >= 11 is 0. The van der Waals surface area contributed by atoms with E-state index in [1.807, 2.05) is 24.3 Å².